The molecule has 1 amide bonds. The number of hydrogen-bond acceptors (Lipinski definition) is 4. The van der Waals surface area contributed by atoms with E-state index in [1.807, 2.05) is 6.92 Å². The second kappa shape index (κ2) is 6.80. The Morgan fingerprint density at radius 2 is 2.24 bits per heavy atom. The zero-order valence-corrected chi connectivity index (χ0v) is 13.1. The maximum Gasteiger partial charge on any atom is 0.251 e. The summed E-state index contributed by atoms with van der Waals surface area (Å²) in [5.41, 5.74) is 6.94. The van der Waals surface area contributed by atoms with Gasteiger partial charge in [-0.05, 0) is 45.0 Å². The van der Waals surface area contributed by atoms with Gasteiger partial charge < -0.3 is 20.7 Å². The standard InChI is InChI=1S/C16H25N3O2/c1-4-21-14-8-12(7-13(17)9-14)16(20)18-15-5-6-19(3)10-11(15)2/h7-9,11,15H,4-6,10,17H2,1-3H3,(H,18,20). The van der Waals surface area contributed by atoms with Crippen molar-refractivity contribution in [1.29, 1.82) is 0 Å². The molecule has 5 heteroatoms. The summed E-state index contributed by atoms with van der Waals surface area (Å²) in [6, 6.07) is 5.38. The van der Waals surface area contributed by atoms with Crippen LogP contribution in [0.1, 0.15) is 30.6 Å². The number of ether oxygens (including phenoxy) is 1. The van der Waals surface area contributed by atoms with Crippen molar-refractivity contribution in [2.75, 3.05) is 32.5 Å². The lowest BCUT2D eigenvalue weighted by molar-refractivity contribution is 0.0883. The lowest BCUT2D eigenvalue weighted by Gasteiger charge is -2.35. The van der Waals surface area contributed by atoms with E-state index in [1.54, 1.807) is 18.2 Å². The quantitative estimate of drug-likeness (QED) is 0.829. The SMILES string of the molecule is CCOc1cc(N)cc(C(=O)NC2CCN(C)CC2C)c1. The van der Waals surface area contributed by atoms with Crippen LogP contribution in [0.4, 0.5) is 5.69 Å². The molecule has 3 N–H and O–H groups in total. The van der Waals surface area contributed by atoms with Gasteiger partial charge in [0.15, 0.2) is 0 Å². The topological polar surface area (TPSA) is 67.6 Å². The van der Waals surface area contributed by atoms with Gasteiger partial charge in [0.2, 0.25) is 0 Å². The Bertz CT molecular complexity index is 504. The molecule has 0 bridgehead atoms. The summed E-state index contributed by atoms with van der Waals surface area (Å²) in [5, 5.41) is 3.13. The van der Waals surface area contributed by atoms with Crippen LogP contribution >= 0.6 is 0 Å². The number of carbonyl (C=O) groups excluding carboxylic acids is 1. The molecule has 0 radical (unpaired) electrons. The average Bonchev–Trinajstić information content (AvgIpc) is 2.41. The fraction of sp³-hybridized carbons (Fsp3) is 0.562. The van der Waals surface area contributed by atoms with E-state index >= 15 is 0 Å². The molecule has 2 atom stereocenters. The summed E-state index contributed by atoms with van der Waals surface area (Å²) in [5.74, 6) is 1.00. The summed E-state index contributed by atoms with van der Waals surface area (Å²) in [6.45, 7) is 6.65. The summed E-state index contributed by atoms with van der Waals surface area (Å²) in [7, 11) is 2.11. The molecule has 0 aliphatic carbocycles. The Morgan fingerprint density at radius 3 is 2.90 bits per heavy atom. The molecule has 1 saturated heterocycles. The van der Waals surface area contributed by atoms with Crippen LogP contribution in [0.15, 0.2) is 18.2 Å². The summed E-state index contributed by atoms with van der Waals surface area (Å²) >= 11 is 0. The number of benzene rings is 1. The predicted molar refractivity (Wildman–Crippen MR) is 84.6 cm³/mol. The molecule has 1 aromatic rings. The number of rotatable bonds is 4. The molecule has 2 rings (SSSR count). The van der Waals surface area contributed by atoms with Crippen LogP contribution < -0.4 is 15.8 Å². The Hall–Kier alpha value is -1.75. The van der Waals surface area contributed by atoms with Crippen LogP contribution in [0.5, 0.6) is 5.75 Å². The maximum absolute atomic E-state index is 12.4. The highest BCUT2D eigenvalue weighted by Crippen LogP contribution is 2.20. The molecule has 1 aliphatic heterocycles. The summed E-state index contributed by atoms with van der Waals surface area (Å²) < 4.78 is 5.44. The number of hydrogen-bond donors (Lipinski definition) is 2. The first-order valence-electron chi connectivity index (χ1n) is 7.52. The molecular weight excluding hydrogens is 266 g/mol. The number of anilines is 1. The van der Waals surface area contributed by atoms with Crippen LogP contribution in [0.25, 0.3) is 0 Å². The molecule has 1 aromatic carbocycles. The van der Waals surface area contributed by atoms with Crippen LogP contribution in [-0.2, 0) is 0 Å². The first kappa shape index (κ1) is 15.6. The normalized spacial score (nSPS) is 22.8. The largest absolute Gasteiger partial charge is 0.494 e. The Kier molecular flexibility index (Phi) is 5.07. The highest BCUT2D eigenvalue weighted by atomic mass is 16.5. The molecule has 0 aromatic heterocycles. The molecule has 0 saturated carbocycles. The van der Waals surface area contributed by atoms with Gasteiger partial charge in [0.25, 0.3) is 5.91 Å². The van der Waals surface area contributed by atoms with Crippen molar-refractivity contribution in [3.05, 3.63) is 23.8 Å². The minimum atomic E-state index is -0.0790. The van der Waals surface area contributed by atoms with Gasteiger partial charge in [-0.2, -0.15) is 0 Å². The Morgan fingerprint density at radius 1 is 1.48 bits per heavy atom. The molecule has 0 spiro atoms. The van der Waals surface area contributed by atoms with Crippen molar-refractivity contribution in [2.24, 2.45) is 5.92 Å². The van der Waals surface area contributed by atoms with Gasteiger partial charge in [0, 0.05) is 29.9 Å². The van der Waals surface area contributed by atoms with E-state index < -0.39 is 0 Å². The third kappa shape index (κ3) is 4.11. The number of likely N-dealkylation sites (tertiary alicyclic amines) is 1. The second-order valence-electron chi connectivity index (χ2n) is 5.83. The van der Waals surface area contributed by atoms with Crippen LogP contribution in [0, 0.1) is 5.92 Å². The van der Waals surface area contributed by atoms with E-state index in [-0.39, 0.29) is 11.9 Å². The van der Waals surface area contributed by atoms with Gasteiger partial charge in [0.05, 0.1) is 6.61 Å². The van der Waals surface area contributed by atoms with Crippen molar-refractivity contribution >= 4 is 11.6 Å². The van der Waals surface area contributed by atoms with E-state index in [0.29, 0.717) is 29.5 Å². The first-order valence-corrected chi connectivity index (χ1v) is 7.52. The number of nitrogens with zero attached hydrogens (tertiary/aromatic N) is 1. The predicted octanol–water partition coefficient (Wildman–Crippen LogP) is 1.74. The van der Waals surface area contributed by atoms with E-state index in [9.17, 15) is 4.79 Å². The molecule has 1 heterocycles. The van der Waals surface area contributed by atoms with E-state index in [1.165, 1.54) is 0 Å². The lowest BCUT2D eigenvalue weighted by Crippen LogP contribution is -2.48. The zero-order chi connectivity index (χ0) is 15.4. The van der Waals surface area contributed by atoms with Gasteiger partial charge in [0.1, 0.15) is 5.75 Å². The highest BCUT2D eigenvalue weighted by molar-refractivity contribution is 5.95. The van der Waals surface area contributed by atoms with Gasteiger partial charge >= 0.3 is 0 Å². The zero-order valence-electron chi connectivity index (χ0n) is 13.1. The van der Waals surface area contributed by atoms with Gasteiger partial charge in [-0.3, -0.25) is 4.79 Å². The second-order valence-corrected chi connectivity index (χ2v) is 5.83. The number of nitrogen functional groups attached to an aromatic ring is 1. The van der Waals surface area contributed by atoms with E-state index in [4.69, 9.17) is 10.5 Å². The minimum absolute atomic E-state index is 0.0790. The van der Waals surface area contributed by atoms with Crippen LogP contribution in [0.2, 0.25) is 0 Å². The molecule has 21 heavy (non-hydrogen) atoms. The average molecular weight is 291 g/mol. The van der Waals surface area contributed by atoms with Crippen LogP contribution in [-0.4, -0.2) is 43.6 Å². The fourth-order valence-corrected chi connectivity index (χ4v) is 2.82. The Labute approximate surface area is 126 Å². The number of piperidine rings is 1. The number of nitrogens with two attached hydrogens (primary N) is 1. The number of nitrogens with one attached hydrogen (secondary N) is 1. The van der Waals surface area contributed by atoms with E-state index in [0.717, 1.165) is 19.5 Å². The van der Waals surface area contributed by atoms with Crippen molar-refractivity contribution in [2.45, 2.75) is 26.3 Å². The molecular formula is C16H25N3O2. The lowest BCUT2D eigenvalue weighted by atomic mass is 9.94. The minimum Gasteiger partial charge on any atom is -0.494 e. The molecule has 1 aliphatic rings. The van der Waals surface area contributed by atoms with Crippen molar-refractivity contribution < 1.29 is 9.53 Å². The third-order valence-electron chi connectivity index (χ3n) is 3.93. The van der Waals surface area contributed by atoms with Crippen molar-refractivity contribution in [3.8, 4) is 5.75 Å². The Balaban J connectivity index is 2.06. The van der Waals surface area contributed by atoms with Gasteiger partial charge in [-0.1, -0.05) is 6.92 Å². The molecule has 5 nitrogen and oxygen atoms in total. The third-order valence-corrected chi connectivity index (χ3v) is 3.93. The van der Waals surface area contributed by atoms with Crippen molar-refractivity contribution in [1.82, 2.24) is 10.2 Å². The van der Waals surface area contributed by atoms with Crippen LogP contribution in [0.3, 0.4) is 0 Å². The van der Waals surface area contributed by atoms with Crippen molar-refractivity contribution in [3.63, 3.8) is 0 Å². The molecule has 1 fully saturated rings. The fourth-order valence-electron chi connectivity index (χ4n) is 2.82. The smallest absolute Gasteiger partial charge is 0.251 e. The molecule has 2 unspecified atom stereocenters. The monoisotopic (exact) mass is 291 g/mol. The number of carbonyl (C=O) groups is 1. The summed E-state index contributed by atoms with van der Waals surface area (Å²) in [4.78, 5) is 14.7. The first-order chi connectivity index (χ1) is 9.99. The highest BCUT2D eigenvalue weighted by Gasteiger charge is 2.25. The number of amides is 1. The summed E-state index contributed by atoms with van der Waals surface area (Å²) in [6.07, 6.45) is 0.976. The van der Waals surface area contributed by atoms with Gasteiger partial charge in [-0.25, -0.2) is 0 Å². The maximum atomic E-state index is 12.4. The molecule has 116 valence electrons. The van der Waals surface area contributed by atoms with E-state index in [2.05, 4.69) is 24.2 Å². The van der Waals surface area contributed by atoms with Gasteiger partial charge in [-0.15, -0.1) is 0 Å².